The van der Waals surface area contributed by atoms with Crippen LogP contribution in [0.1, 0.15) is 5.56 Å². The lowest BCUT2D eigenvalue weighted by atomic mass is 10.2. The van der Waals surface area contributed by atoms with E-state index in [0.29, 0.717) is 9.54 Å². The molecule has 0 saturated heterocycles. The quantitative estimate of drug-likeness (QED) is 0.771. The first-order valence-corrected chi connectivity index (χ1v) is 5.23. The van der Waals surface area contributed by atoms with Crippen molar-refractivity contribution < 1.29 is 0 Å². The van der Waals surface area contributed by atoms with Crippen molar-refractivity contribution in [3.8, 4) is 5.69 Å². The second-order valence-corrected chi connectivity index (χ2v) is 3.96. The standard InChI is InChI=1S/C10H9N3S2/c1-7-2-4-8(5-3-7)13-6-11-9(14)12-10(13)15/h2-6H,1H3,(H,12,14,15). The molecule has 0 fully saturated rings. The molecule has 0 spiro atoms. The van der Waals surface area contributed by atoms with E-state index in [1.165, 1.54) is 5.56 Å². The summed E-state index contributed by atoms with van der Waals surface area (Å²) < 4.78 is 2.74. The number of aryl methyl sites for hydroxylation is 1. The minimum absolute atomic E-state index is 0.406. The second kappa shape index (κ2) is 4.04. The Morgan fingerprint density at radius 2 is 1.87 bits per heavy atom. The van der Waals surface area contributed by atoms with E-state index in [4.69, 9.17) is 24.4 Å². The van der Waals surface area contributed by atoms with Crippen molar-refractivity contribution in [3.63, 3.8) is 0 Å². The molecule has 0 aliphatic carbocycles. The van der Waals surface area contributed by atoms with Crippen molar-refractivity contribution in [1.82, 2.24) is 14.5 Å². The fourth-order valence-corrected chi connectivity index (χ4v) is 1.69. The molecule has 0 bridgehead atoms. The highest BCUT2D eigenvalue weighted by atomic mass is 32.1. The zero-order valence-electron chi connectivity index (χ0n) is 8.10. The highest BCUT2D eigenvalue weighted by molar-refractivity contribution is 7.71. The zero-order valence-corrected chi connectivity index (χ0v) is 9.73. The van der Waals surface area contributed by atoms with Crippen LogP contribution in [0, 0.1) is 16.5 Å². The van der Waals surface area contributed by atoms with Crippen LogP contribution in [-0.4, -0.2) is 14.5 Å². The molecule has 2 aromatic rings. The van der Waals surface area contributed by atoms with E-state index < -0.39 is 0 Å². The third-order valence-electron chi connectivity index (χ3n) is 2.04. The summed E-state index contributed by atoms with van der Waals surface area (Å²) in [4.78, 5) is 6.83. The van der Waals surface area contributed by atoms with Gasteiger partial charge in [-0.3, -0.25) is 4.57 Å². The van der Waals surface area contributed by atoms with Crippen LogP contribution in [0.25, 0.3) is 5.69 Å². The maximum atomic E-state index is 5.16. The Morgan fingerprint density at radius 1 is 1.20 bits per heavy atom. The molecular weight excluding hydrogens is 226 g/mol. The van der Waals surface area contributed by atoms with Crippen LogP contribution < -0.4 is 0 Å². The maximum Gasteiger partial charge on any atom is 0.200 e. The fraction of sp³-hybridized carbons (Fsp3) is 0.100. The largest absolute Gasteiger partial charge is 0.307 e. The third kappa shape index (κ3) is 2.19. The van der Waals surface area contributed by atoms with E-state index in [0.717, 1.165) is 5.69 Å². The predicted molar refractivity (Wildman–Crippen MR) is 64.3 cm³/mol. The smallest absolute Gasteiger partial charge is 0.200 e. The Kier molecular flexibility index (Phi) is 2.75. The van der Waals surface area contributed by atoms with Crippen LogP contribution in [0.4, 0.5) is 0 Å². The number of benzene rings is 1. The second-order valence-electron chi connectivity index (χ2n) is 3.19. The average Bonchev–Trinajstić information content (AvgIpc) is 2.20. The molecule has 5 heteroatoms. The predicted octanol–water partition coefficient (Wildman–Crippen LogP) is 2.97. The number of nitrogens with zero attached hydrogens (tertiary/aromatic N) is 2. The van der Waals surface area contributed by atoms with Gasteiger partial charge in [0, 0.05) is 5.69 Å². The minimum atomic E-state index is 0.406. The summed E-state index contributed by atoms with van der Waals surface area (Å²) in [6.07, 6.45) is 1.63. The molecule has 15 heavy (non-hydrogen) atoms. The van der Waals surface area contributed by atoms with Crippen molar-refractivity contribution in [2.45, 2.75) is 6.92 Å². The summed E-state index contributed by atoms with van der Waals surface area (Å²) >= 11 is 10.0. The number of H-pyrrole nitrogens is 1. The number of hydrogen-bond acceptors (Lipinski definition) is 3. The molecule has 1 N–H and O–H groups in total. The van der Waals surface area contributed by atoms with E-state index in [-0.39, 0.29) is 0 Å². The first kappa shape index (κ1) is 10.2. The lowest BCUT2D eigenvalue weighted by Gasteiger charge is -2.05. The molecule has 0 unspecified atom stereocenters. The Hall–Kier alpha value is -1.33. The number of aromatic nitrogens is 3. The molecule has 2 rings (SSSR count). The molecule has 76 valence electrons. The monoisotopic (exact) mass is 235 g/mol. The Balaban J connectivity index is 2.59. The minimum Gasteiger partial charge on any atom is -0.307 e. The summed E-state index contributed by atoms with van der Waals surface area (Å²) in [5.74, 6) is 0. The van der Waals surface area contributed by atoms with Gasteiger partial charge in [-0.1, -0.05) is 17.7 Å². The molecule has 3 nitrogen and oxygen atoms in total. The van der Waals surface area contributed by atoms with E-state index in [1.807, 2.05) is 31.2 Å². The molecule has 0 aliphatic rings. The summed E-state index contributed by atoms with van der Waals surface area (Å²) in [5, 5.41) is 0. The van der Waals surface area contributed by atoms with Crippen LogP contribution in [0.5, 0.6) is 0 Å². The molecule has 1 aromatic carbocycles. The third-order valence-corrected chi connectivity index (χ3v) is 2.54. The van der Waals surface area contributed by atoms with E-state index in [1.54, 1.807) is 10.9 Å². The van der Waals surface area contributed by atoms with Crippen molar-refractivity contribution in [2.75, 3.05) is 0 Å². The van der Waals surface area contributed by atoms with Crippen molar-refractivity contribution >= 4 is 24.4 Å². The van der Waals surface area contributed by atoms with Gasteiger partial charge in [0.1, 0.15) is 6.33 Å². The van der Waals surface area contributed by atoms with Gasteiger partial charge in [0.05, 0.1) is 0 Å². The van der Waals surface area contributed by atoms with Gasteiger partial charge >= 0.3 is 0 Å². The fourth-order valence-electron chi connectivity index (χ4n) is 1.24. The van der Waals surface area contributed by atoms with Crippen molar-refractivity contribution in [2.24, 2.45) is 0 Å². The van der Waals surface area contributed by atoms with E-state index in [2.05, 4.69) is 9.97 Å². The Bertz CT molecular complexity index is 581. The molecule has 0 saturated carbocycles. The van der Waals surface area contributed by atoms with Gasteiger partial charge in [-0.05, 0) is 43.5 Å². The lowest BCUT2D eigenvalue weighted by Crippen LogP contribution is -2.00. The zero-order chi connectivity index (χ0) is 10.8. The highest BCUT2D eigenvalue weighted by Crippen LogP contribution is 2.08. The molecule has 1 heterocycles. The Labute approximate surface area is 97.4 Å². The maximum absolute atomic E-state index is 5.16. The molecule has 1 aromatic heterocycles. The van der Waals surface area contributed by atoms with Gasteiger partial charge in [-0.2, -0.15) is 0 Å². The van der Waals surface area contributed by atoms with Gasteiger partial charge in [-0.15, -0.1) is 0 Å². The van der Waals surface area contributed by atoms with E-state index >= 15 is 0 Å². The van der Waals surface area contributed by atoms with Gasteiger partial charge in [0.15, 0.2) is 9.54 Å². The van der Waals surface area contributed by atoms with Crippen LogP contribution >= 0.6 is 24.4 Å². The summed E-state index contributed by atoms with van der Waals surface area (Å²) in [7, 11) is 0. The highest BCUT2D eigenvalue weighted by Gasteiger charge is 1.96. The number of nitrogens with one attached hydrogen (secondary N) is 1. The average molecular weight is 235 g/mol. The molecule has 0 aliphatic heterocycles. The first-order valence-electron chi connectivity index (χ1n) is 4.42. The van der Waals surface area contributed by atoms with Crippen LogP contribution in [0.15, 0.2) is 30.6 Å². The lowest BCUT2D eigenvalue weighted by molar-refractivity contribution is 0.881. The van der Waals surface area contributed by atoms with Gasteiger partial charge in [-0.25, -0.2) is 4.98 Å². The number of hydrogen-bond donors (Lipinski definition) is 1. The van der Waals surface area contributed by atoms with Crippen LogP contribution in [0.3, 0.4) is 0 Å². The van der Waals surface area contributed by atoms with Gasteiger partial charge in [0.25, 0.3) is 0 Å². The topological polar surface area (TPSA) is 33.6 Å². The first-order chi connectivity index (χ1) is 7.16. The van der Waals surface area contributed by atoms with Crippen molar-refractivity contribution in [3.05, 3.63) is 45.7 Å². The van der Waals surface area contributed by atoms with Gasteiger partial charge in [0.2, 0.25) is 0 Å². The van der Waals surface area contributed by atoms with Gasteiger partial charge < -0.3 is 4.98 Å². The SMILES string of the molecule is Cc1ccc(-n2cnc(=S)[nH]c2=S)cc1. The van der Waals surface area contributed by atoms with E-state index in [9.17, 15) is 0 Å². The van der Waals surface area contributed by atoms with Crippen LogP contribution in [-0.2, 0) is 0 Å². The number of aromatic amines is 1. The number of rotatable bonds is 1. The Morgan fingerprint density at radius 3 is 2.47 bits per heavy atom. The normalized spacial score (nSPS) is 10.2. The summed E-state index contributed by atoms with van der Waals surface area (Å²) in [5.41, 5.74) is 2.19. The summed E-state index contributed by atoms with van der Waals surface area (Å²) in [6.45, 7) is 2.04. The molecule has 0 radical (unpaired) electrons. The van der Waals surface area contributed by atoms with Crippen LogP contribution in [0.2, 0.25) is 0 Å². The molecular formula is C10H9N3S2. The molecule has 0 atom stereocenters. The molecule has 0 amide bonds. The van der Waals surface area contributed by atoms with Crippen molar-refractivity contribution in [1.29, 1.82) is 0 Å². The summed E-state index contributed by atoms with van der Waals surface area (Å²) in [6, 6.07) is 8.03.